The van der Waals surface area contributed by atoms with Crippen LogP contribution in [0.3, 0.4) is 0 Å². The molecule has 0 bridgehead atoms. The fourth-order valence-corrected chi connectivity index (χ4v) is 3.79. The third-order valence-corrected chi connectivity index (χ3v) is 5.27. The lowest BCUT2D eigenvalue weighted by Crippen LogP contribution is -2.45. The predicted octanol–water partition coefficient (Wildman–Crippen LogP) is 4.91. The molecule has 1 aliphatic heterocycles. The SMILES string of the molecule is CC(C)C1(CCNC/C=C/c2ccccc2)CCOC(C)(C)C1. The smallest absolute Gasteiger partial charge is 0.0631 e. The zero-order valence-corrected chi connectivity index (χ0v) is 15.3. The highest BCUT2D eigenvalue weighted by Crippen LogP contribution is 2.46. The molecular weight excluding hydrogens is 282 g/mol. The van der Waals surface area contributed by atoms with E-state index in [-0.39, 0.29) is 5.60 Å². The van der Waals surface area contributed by atoms with Crippen LogP contribution in [0.25, 0.3) is 6.08 Å². The standard InChI is InChI=1S/C21H33NO/c1-18(2)21(13-16-23-20(3,4)17-21)12-15-22-14-8-11-19-9-6-5-7-10-19/h5-11,18,22H,12-17H2,1-4H3/b11-8+. The molecule has 1 unspecified atom stereocenters. The van der Waals surface area contributed by atoms with Crippen LogP contribution in [0.2, 0.25) is 0 Å². The van der Waals surface area contributed by atoms with Gasteiger partial charge in [0.2, 0.25) is 0 Å². The Morgan fingerprint density at radius 1 is 1.22 bits per heavy atom. The largest absolute Gasteiger partial charge is 0.376 e. The van der Waals surface area contributed by atoms with Crippen LogP contribution in [0.15, 0.2) is 36.4 Å². The van der Waals surface area contributed by atoms with Crippen LogP contribution in [0, 0.1) is 11.3 Å². The fraction of sp³-hybridized carbons (Fsp3) is 0.619. The minimum Gasteiger partial charge on any atom is -0.376 e. The summed E-state index contributed by atoms with van der Waals surface area (Å²) < 4.78 is 5.93. The van der Waals surface area contributed by atoms with Crippen molar-refractivity contribution in [1.82, 2.24) is 5.32 Å². The number of hydrogen-bond donors (Lipinski definition) is 1. The van der Waals surface area contributed by atoms with E-state index in [0.717, 1.165) is 19.7 Å². The number of rotatable bonds is 7. The lowest BCUT2D eigenvalue weighted by atomic mass is 9.65. The third-order valence-electron chi connectivity index (χ3n) is 5.27. The van der Waals surface area contributed by atoms with Crippen molar-refractivity contribution >= 4 is 6.08 Å². The Morgan fingerprint density at radius 3 is 2.61 bits per heavy atom. The van der Waals surface area contributed by atoms with Gasteiger partial charge in [-0.05, 0) is 56.6 Å². The molecule has 1 heterocycles. The van der Waals surface area contributed by atoms with E-state index in [1.165, 1.54) is 24.8 Å². The van der Waals surface area contributed by atoms with Crippen molar-refractivity contribution < 1.29 is 4.74 Å². The van der Waals surface area contributed by atoms with Crippen LogP contribution in [0.4, 0.5) is 0 Å². The normalized spacial score (nSPS) is 24.4. The van der Waals surface area contributed by atoms with Crippen LogP contribution >= 0.6 is 0 Å². The second-order valence-electron chi connectivity index (χ2n) is 7.82. The molecule has 2 nitrogen and oxygen atoms in total. The molecule has 0 spiro atoms. The van der Waals surface area contributed by atoms with Crippen molar-refractivity contribution in [2.24, 2.45) is 11.3 Å². The lowest BCUT2D eigenvalue weighted by molar-refractivity contribution is -0.120. The quantitative estimate of drug-likeness (QED) is 0.722. The molecule has 0 radical (unpaired) electrons. The Morgan fingerprint density at radius 2 is 1.96 bits per heavy atom. The van der Waals surface area contributed by atoms with Crippen molar-refractivity contribution in [3.63, 3.8) is 0 Å². The minimum absolute atomic E-state index is 0.0235. The van der Waals surface area contributed by atoms with Gasteiger partial charge in [-0.3, -0.25) is 0 Å². The molecule has 1 N–H and O–H groups in total. The summed E-state index contributed by atoms with van der Waals surface area (Å²) in [6.45, 7) is 12.1. The highest BCUT2D eigenvalue weighted by atomic mass is 16.5. The molecule has 0 aliphatic carbocycles. The molecule has 1 aromatic rings. The zero-order valence-electron chi connectivity index (χ0n) is 15.3. The Hall–Kier alpha value is -1.12. The van der Waals surface area contributed by atoms with Gasteiger partial charge in [-0.25, -0.2) is 0 Å². The summed E-state index contributed by atoms with van der Waals surface area (Å²) in [4.78, 5) is 0. The zero-order chi connectivity index (χ0) is 16.8. The number of nitrogens with one attached hydrogen (secondary N) is 1. The Labute approximate surface area is 142 Å². The molecule has 1 aromatic carbocycles. The topological polar surface area (TPSA) is 21.3 Å². The van der Waals surface area contributed by atoms with Gasteiger partial charge in [0.05, 0.1) is 5.60 Å². The van der Waals surface area contributed by atoms with Gasteiger partial charge >= 0.3 is 0 Å². The van der Waals surface area contributed by atoms with Crippen molar-refractivity contribution in [3.05, 3.63) is 42.0 Å². The van der Waals surface area contributed by atoms with Gasteiger partial charge in [0.25, 0.3) is 0 Å². The van der Waals surface area contributed by atoms with Crippen LogP contribution in [-0.2, 0) is 4.74 Å². The number of ether oxygens (including phenoxy) is 1. The van der Waals surface area contributed by atoms with Crippen molar-refractivity contribution in [2.45, 2.75) is 52.6 Å². The van der Waals surface area contributed by atoms with Crippen molar-refractivity contribution in [1.29, 1.82) is 0 Å². The van der Waals surface area contributed by atoms with Gasteiger partial charge in [0.15, 0.2) is 0 Å². The molecule has 2 heteroatoms. The maximum absolute atomic E-state index is 5.93. The molecule has 1 saturated heterocycles. The average molecular weight is 316 g/mol. The Kier molecular flexibility index (Phi) is 6.43. The minimum atomic E-state index is 0.0235. The summed E-state index contributed by atoms with van der Waals surface area (Å²) in [6, 6.07) is 10.5. The molecule has 0 amide bonds. The van der Waals surface area contributed by atoms with Crippen LogP contribution in [0.5, 0.6) is 0 Å². The molecule has 0 aromatic heterocycles. The van der Waals surface area contributed by atoms with Gasteiger partial charge in [-0.1, -0.05) is 56.3 Å². The van der Waals surface area contributed by atoms with Crippen molar-refractivity contribution in [3.8, 4) is 0 Å². The first-order valence-electron chi connectivity index (χ1n) is 9.00. The van der Waals surface area contributed by atoms with Gasteiger partial charge in [0.1, 0.15) is 0 Å². The summed E-state index contributed by atoms with van der Waals surface area (Å²) in [5.41, 5.74) is 1.70. The molecule has 128 valence electrons. The number of hydrogen-bond acceptors (Lipinski definition) is 2. The second-order valence-corrected chi connectivity index (χ2v) is 7.82. The van der Waals surface area contributed by atoms with E-state index in [1.807, 2.05) is 0 Å². The molecular formula is C21H33NO. The highest BCUT2D eigenvalue weighted by molar-refractivity contribution is 5.48. The van der Waals surface area contributed by atoms with E-state index in [4.69, 9.17) is 4.74 Å². The van der Waals surface area contributed by atoms with E-state index in [2.05, 4.69) is 75.5 Å². The maximum atomic E-state index is 5.93. The van der Waals surface area contributed by atoms with Crippen LogP contribution < -0.4 is 5.32 Å². The summed E-state index contributed by atoms with van der Waals surface area (Å²) in [5, 5.41) is 3.58. The molecule has 23 heavy (non-hydrogen) atoms. The fourth-order valence-electron chi connectivity index (χ4n) is 3.79. The van der Waals surface area contributed by atoms with Crippen molar-refractivity contribution in [2.75, 3.05) is 19.7 Å². The van der Waals surface area contributed by atoms with Gasteiger partial charge in [-0.2, -0.15) is 0 Å². The first-order valence-corrected chi connectivity index (χ1v) is 9.00. The van der Waals surface area contributed by atoms with Gasteiger partial charge in [-0.15, -0.1) is 0 Å². The Bertz CT molecular complexity index is 492. The molecule has 1 aliphatic rings. The van der Waals surface area contributed by atoms with Gasteiger partial charge < -0.3 is 10.1 Å². The van der Waals surface area contributed by atoms with Gasteiger partial charge in [0, 0.05) is 13.2 Å². The predicted molar refractivity (Wildman–Crippen MR) is 99.5 cm³/mol. The van der Waals surface area contributed by atoms with Crippen LogP contribution in [0.1, 0.15) is 52.5 Å². The monoisotopic (exact) mass is 315 g/mol. The summed E-state index contributed by atoms with van der Waals surface area (Å²) in [7, 11) is 0. The van der Waals surface area contributed by atoms with E-state index in [1.54, 1.807) is 0 Å². The summed E-state index contributed by atoms with van der Waals surface area (Å²) >= 11 is 0. The van der Waals surface area contributed by atoms with E-state index >= 15 is 0 Å². The summed E-state index contributed by atoms with van der Waals surface area (Å²) in [5.74, 6) is 0.701. The second kappa shape index (κ2) is 8.12. The third kappa shape index (κ3) is 5.47. The molecule has 1 fully saturated rings. The first-order chi connectivity index (χ1) is 10.9. The maximum Gasteiger partial charge on any atom is 0.0631 e. The van der Waals surface area contributed by atoms with E-state index in [9.17, 15) is 0 Å². The first kappa shape index (κ1) is 18.2. The Balaban J connectivity index is 1.78. The summed E-state index contributed by atoms with van der Waals surface area (Å²) in [6.07, 6.45) is 7.99. The highest BCUT2D eigenvalue weighted by Gasteiger charge is 2.42. The van der Waals surface area contributed by atoms with E-state index < -0.39 is 0 Å². The number of benzene rings is 1. The molecule has 0 saturated carbocycles. The van der Waals surface area contributed by atoms with Crippen LogP contribution in [-0.4, -0.2) is 25.3 Å². The molecule has 1 atom stereocenters. The average Bonchev–Trinajstić information content (AvgIpc) is 2.50. The van der Waals surface area contributed by atoms with E-state index in [0.29, 0.717) is 11.3 Å². The lowest BCUT2D eigenvalue weighted by Gasteiger charge is -2.48. The molecule has 2 rings (SSSR count).